The fourth-order valence-electron chi connectivity index (χ4n) is 3.37. The summed E-state index contributed by atoms with van der Waals surface area (Å²) >= 11 is 0. The van der Waals surface area contributed by atoms with E-state index in [2.05, 4.69) is 13.8 Å². The van der Waals surface area contributed by atoms with E-state index in [9.17, 15) is 0 Å². The molecule has 2 unspecified atom stereocenters. The second kappa shape index (κ2) is 10.1. The predicted molar refractivity (Wildman–Crippen MR) is 116 cm³/mol. The first kappa shape index (κ1) is 20.9. The van der Waals surface area contributed by atoms with Gasteiger partial charge in [-0.05, 0) is 87.8 Å². The van der Waals surface area contributed by atoms with E-state index < -0.39 is 0 Å². The third-order valence-electron chi connectivity index (χ3n) is 4.92. The molecule has 5 nitrogen and oxygen atoms in total. The van der Waals surface area contributed by atoms with E-state index in [1.807, 2.05) is 36.4 Å². The van der Waals surface area contributed by atoms with Gasteiger partial charge >= 0.3 is 0 Å². The van der Waals surface area contributed by atoms with Gasteiger partial charge in [0.2, 0.25) is 0 Å². The average molecular weight is 371 g/mol. The summed E-state index contributed by atoms with van der Waals surface area (Å²) in [5, 5.41) is 0. The monoisotopic (exact) mass is 370 g/mol. The highest BCUT2D eigenvalue weighted by atomic mass is 16.5. The molecule has 0 amide bonds. The Morgan fingerprint density at radius 2 is 1.11 bits per heavy atom. The molecular formula is C22H34N4O. The molecule has 0 heterocycles. The Morgan fingerprint density at radius 1 is 0.704 bits per heavy atom. The van der Waals surface area contributed by atoms with Crippen LogP contribution in [-0.4, -0.2) is 12.2 Å². The number of anilines is 4. The predicted octanol–water partition coefficient (Wildman–Crippen LogP) is 4.15. The highest BCUT2D eigenvalue weighted by molar-refractivity contribution is 5.57. The number of hydrogen-bond donors (Lipinski definition) is 4. The quantitative estimate of drug-likeness (QED) is 0.469. The summed E-state index contributed by atoms with van der Waals surface area (Å²) < 4.78 is 6.12. The number of nitrogen functional groups attached to an aromatic ring is 4. The lowest BCUT2D eigenvalue weighted by Crippen LogP contribution is -2.17. The van der Waals surface area contributed by atoms with Crippen LogP contribution in [0, 0.1) is 0 Å². The van der Waals surface area contributed by atoms with E-state index >= 15 is 0 Å². The molecule has 0 saturated carbocycles. The fourth-order valence-corrected chi connectivity index (χ4v) is 3.37. The van der Waals surface area contributed by atoms with E-state index in [-0.39, 0.29) is 12.2 Å². The van der Waals surface area contributed by atoms with Gasteiger partial charge in [0.25, 0.3) is 0 Å². The Hall–Kier alpha value is -2.40. The third-order valence-corrected chi connectivity index (χ3v) is 4.92. The van der Waals surface area contributed by atoms with Crippen molar-refractivity contribution in [3.05, 3.63) is 47.5 Å². The zero-order valence-corrected chi connectivity index (χ0v) is 16.6. The molecule has 148 valence electrons. The summed E-state index contributed by atoms with van der Waals surface area (Å²) in [4.78, 5) is 0. The molecular weight excluding hydrogens is 336 g/mol. The molecule has 5 heteroatoms. The molecule has 2 aromatic rings. The van der Waals surface area contributed by atoms with Crippen LogP contribution in [-0.2, 0) is 17.6 Å². The fraction of sp³-hybridized carbons (Fsp3) is 0.455. The van der Waals surface area contributed by atoms with Crippen LogP contribution >= 0.6 is 0 Å². The van der Waals surface area contributed by atoms with Crippen molar-refractivity contribution in [2.45, 2.75) is 64.6 Å². The van der Waals surface area contributed by atoms with E-state index in [1.165, 1.54) is 0 Å². The smallest absolute Gasteiger partial charge is 0.0550 e. The highest BCUT2D eigenvalue weighted by Gasteiger charge is 2.10. The minimum atomic E-state index is 0.233. The van der Waals surface area contributed by atoms with Crippen molar-refractivity contribution in [1.29, 1.82) is 0 Å². The molecule has 0 fully saturated rings. The number of nitrogens with two attached hydrogens (primary N) is 4. The number of ether oxygens (including phenoxy) is 1. The van der Waals surface area contributed by atoms with Crippen molar-refractivity contribution in [3.8, 4) is 0 Å². The van der Waals surface area contributed by atoms with E-state index in [1.54, 1.807) is 0 Å². The van der Waals surface area contributed by atoms with Gasteiger partial charge in [-0.1, -0.05) is 12.1 Å². The maximum atomic E-state index is 6.12. The standard InChI is InChI=1S/C22H34N4O/c1-15(5-3-7-17-9-11-19(23)13-21(17)25)27-16(2)6-4-8-18-10-12-20(24)14-22(18)26/h9-16H,3-8,23-26H2,1-2H3. The number of aryl methyl sites for hydroxylation is 2. The first-order chi connectivity index (χ1) is 12.8. The summed E-state index contributed by atoms with van der Waals surface area (Å²) in [5.74, 6) is 0. The molecule has 0 aromatic heterocycles. The Kier molecular flexibility index (Phi) is 7.80. The topological polar surface area (TPSA) is 113 Å². The van der Waals surface area contributed by atoms with Crippen LogP contribution in [0.5, 0.6) is 0 Å². The van der Waals surface area contributed by atoms with Crippen LogP contribution in [0.15, 0.2) is 36.4 Å². The van der Waals surface area contributed by atoms with E-state index in [0.717, 1.165) is 61.0 Å². The summed E-state index contributed by atoms with van der Waals surface area (Å²) in [6, 6.07) is 11.5. The first-order valence-electron chi connectivity index (χ1n) is 9.78. The molecule has 0 bridgehead atoms. The van der Waals surface area contributed by atoms with Crippen molar-refractivity contribution < 1.29 is 4.74 Å². The lowest BCUT2D eigenvalue weighted by Gasteiger charge is -2.19. The maximum absolute atomic E-state index is 6.12. The Labute approximate surface area is 163 Å². The van der Waals surface area contributed by atoms with Crippen LogP contribution in [0.2, 0.25) is 0 Å². The van der Waals surface area contributed by atoms with Crippen LogP contribution in [0.25, 0.3) is 0 Å². The van der Waals surface area contributed by atoms with E-state index in [4.69, 9.17) is 27.7 Å². The Balaban J connectivity index is 1.65. The Bertz CT molecular complexity index is 671. The Morgan fingerprint density at radius 3 is 1.48 bits per heavy atom. The van der Waals surface area contributed by atoms with Gasteiger partial charge < -0.3 is 27.7 Å². The van der Waals surface area contributed by atoms with Gasteiger partial charge in [0, 0.05) is 22.7 Å². The molecule has 0 aliphatic rings. The highest BCUT2D eigenvalue weighted by Crippen LogP contribution is 2.21. The first-order valence-corrected chi connectivity index (χ1v) is 9.78. The molecule has 0 aliphatic heterocycles. The number of hydrogen-bond acceptors (Lipinski definition) is 5. The lowest BCUT2D eigenvalue weighted by molar-refractivity contribution is -0.00161. The normalized spacial score (nSPS) is 13.4. The number of rotatable bonds is 10. The summed E-state index contributed by atoms with van der Waals surface area (Å²) in [6.07, 6.45) is 6.48. The van der Waals surface area contributed by atoms with Gasteiger partial charge in [-0.25, -0.2) is 0 Å². The summed E-state index contributed by atoms with van der Waals surface area (Å²) in [5.41, 5.74) is 28.8. The van der Waals surface area contributed by atoms with E-state index in [0.29, 0.717) is 11.4 Å². The van der Waals surface area contributed by atoms with Crippen molar-refractivity contribution in [2.24, 2.45) is 0 Å². The van der Waals surface area contributed by atoms with Gasteiger partial charge in [-0.3, -0.25) is 0 Å². The van der Waals surface area contributed by atoms with Crippen LogP contribution in [0.3, 0.4) is 0 Å². The van der Waals surface area contributed by atoms with Gasteiger partial charge in [0.05, 0.1) is 12.2 Å². The molecule has 8 N–H and O–H groups in total. The van der Waals surface area contributed by atoms with Crippen molar-refractivity contribution in [3.63, 3.8) is 0 Å². The van der Waals surface area contributed by atoms with Crippen LogP contribution < -0.4 is 22.9 Å². The molecule has 2 aromatic carbocycles. The summed E-state index contributed by atoms with van der Waals surface area (Å²) in [6.45, 7) is 4.28. The maximum Gasteiger partial charge on any atom is 0.0550 e. The van der Waals surface area contributed by atoms with Gasteiger partial charge in [0.1, 0.15) is 0 Å². The van der Waals surface area contributed by atoms with Gasteiger partial charge in [-0.2, -0.15) is 0 Å². The molecule has 0 saturated heterocycles. The third kappa shape index (κ3) is 7.02. The van der Waals surface area contributed by atoms with Crippen LogP contribution in [0.1, 0.15) is 50.7 Å². The minimum absolute atomic E-state index is 0.233. The summed E-state index contributed by atoms with van der Waals surface area (Å²) in [7, 11) is 0. The minimum Gasteiger partial charge on any atom is -0.399 e. The van der Waals surface area contributed by atoms with Crippen molar-refractivity contribution in [1.82, 2.24) is 0 Å². The van der Waals surface area contributed by atoms with Gasteiger partial charge in [0.15, 0.2) is 0 Å². The van der Waals surface area contributed by atoms with Crippen molar-refractivity contribution >= 4 is 22.7 Å². The average Bonchev–Trinajstić information content (AvgIpc) is 2.58. The van der Waals surface area contributed by atoms with Gasteiger partial charge in [-0.15, -0.1) is 0 Å². The number of benzene rings is 2. The zero-order chi connectivity index (χ0) is 19.8. The second-order valence-corrected chi connectivity index (χ2v) is 7.46. The van der Waals surface area contributed by atoms with Crippen molar-refractivity contribution in [2.75, 3.05) is 22.9 Å². The van der Waals surface area contributed by atoms with Crippen LogP contribution in [0.4, 0.5) is 22.7 Å². The molecule has 27 heavy (non-hydrogen) atoms. The lowest BCUT2D eigenvalue weighted by atomic mass is 10.0. The molecule has 2 atom stereocenters. The SMILES string of the molecule is CC(CCCc1ccc(N)cc1N)OC(C)CCCc1ccc(N)cc1N. The second-order valence-electron chi connectivity index (χ2n) is 7.46. The molecule has 0 spiro atoms. The molecule has 2 rings (SSSR count). The molecule has 0 radical (unpaired) electrons. The molecule has 0 aliphatic carbocycles. The zero-order valence-electron chi connectivity index (χ0n) is 16.6. The largest absolute Gasteiger partial charge is 0.399 e.